The third-order valence-electron chi connectivity index (χ3n) is 3.97. The summed E-state index contributed by atoms with van der Waals surface area (Å²) in [6, 6.07) is 0. The van der Waals surface area contributed by atoms with Crippen molar-refractivity contribution in [1.29, 1.82) is 0 Å². The molecule has 0 saturated carbocycles. The lowest BCUT2D eigenvalue weighted by molar-refractivity contribution is -0.111. The molecule has 0 heterocycles. The number of rotatable bonds is 18. The van der Waals surface area contributed by atoms with Gasteiger partial charge in [-0.1, -0.05) is 78.1 Å². The molecule has 23 heavy (non-hydrogen) atoms. The highest BCUT2D eigenvalue weighted by Crippen LogP contribution is 2.08. The molecule has 0 aliphatic carbocycles. The number of carbonyl (C=O) groups excluding carboxylic acids is 1. The Morgan fingerprint density at radius 1 is 0.783 bits per heavy atom. The van der Waals surface area contributed by atoms with Crippen LogP contribution in [0.25, 0.3) is 0 Å². The van der Waals surface area contributed by atoms with Gasteiger partial charge in [0, 0.05) is 0 Å². The summed E-state index contributed by atoms with van der Waals surface area (Å²) in [4.78, 5) is 10.9. The lowest BCUT2D eigenvalue weighted by Gasteiger charge is -2.07. The highest BCUT2D eigenvalue weighted by Gasteiger charge is 1.97. The molecule has 136 valence electrons. The molecule has 0 rings (SSSR count). The molecule has 0 aromatic rings. The summed E-state index contributed by atoms with van der Waals surface area (Å²) >= 11 is 0. The Morgan fingerprint density at radius 3 is 1.96 bits per heavy atom. The largest absolute Gasteiger partial charge is 0.464 e. The van der Waals surface area contributed by atoms with E-state index in [0.717, 1.165) is 32.2 Å². The van der Waals surface area contributed by atoms with E-state index in [-0.39, 0.29) is 6.79 Å². The van der Waals surface area contributed by atoms with Crippen LogP contribution in [0.5, 0.6) is 0 Å². The van der Waals surface area contributed by atoms with Gasteiger partial charge in [-0.2, -0.15) is 0 Å². The van der Waals surface area contributed by atoms with Gasteiger partial charge >= 0.3 is 0 Å². The Labute approximate surface area is 143 Å². The van der Waals surface area contributed by atoms with E-state index in [1.54, 1.807) is 0 Å². The lowest BCUT2D eigenvalue weighted by atomic mass is 10.1. The number of carbonyl (C=O) groups is 1. The molecule has 3 heteroatoms. The van der Waals surface area contributed by atoms with Gasteiger partial charge in [0.05, 0.1) is 6.61 Å². The maximum absolute atomic E-state index is 10.9. The maximum atomic E-state index is 10.9. The van der Waals surface area contributed by atoms with Gasteiger partial charge in [-0.05, 0) is 25.3 Å². The second-order valence-corrected chi connectivity index (χ2v) is 6.22. The summed E-state index contributed by atoms with van der Waals surface area (Å²) in [5.74, 6) is 0.417. The minimum Gasteiger partial charge on any atom is -0.464 e. The summed E-state index contributed by atoms with van der Waals surface area (Å²) in [7, 11) is 0. The molecular formula is C20H38O3. The molecule has 0 radical (unpaired) electrons. The topological polar surface area (TPSA) is 35.5 Å². The van der Waals surface area contributed by atoms with Crippen molar-refractivity contribution in [1.82, 2.24) is 0 Å². The minimum absolute atomic E-state index is 0.191. The van der Waals surface area contributed by atoms with Crippen molar-refractivity contribution < 1.29 is 14.3 Å². The molecule has 0 aliphatic rings. The van der Waals surface area contributed by atoms with Crippen LogP contribution in [0, 0.1) is 0 Å². The number of aldehydes is 1. The van der Waals surface area contributed by atoms with Crippen molar-refractivity contribution in [3.05, 3.63) is 11.8 Å². The molecule has 0 unspecified atom stereocenters. The monoisotopic (exact) mass is 326 g/mol. The number of unbranched alkanes of at least 4 members (excludes halogenated alkanes) is 11. The summed E-state index contributed by atoms with van der Waals surface area (Å²) in [5, 5.41) is 0. The Kier molecular flexibility index (Phi) is 18.5. The van der Waals surface area contributed by atoms with Crippen LogP contribution in [0.3, 0.4) is 0 Å². The second kappa shape index (κ2) is 19.2. The van der Waals surface area contributed by atoms with Crippen molar-refractivity contribution >= 4 is 6.29 Å². The molecular weight excluding hydrogens is 288 g/mol. The SMILES string of the molecule is CCCCCCCC=C(C=O)OCOCCCCCCCCC. The van der Waals surface area contributed by atoms with E-state index >= 15 is 0 Å². The van der Waals surface area contributed by atoms with Crippen molar-refractivity contribution in [2.45, 2.75) is 97.3 Å². The predicted molar refractivity (Wildman–Crippen MR) is 97.4 cm³/mol. The van der Waals surface area contributed by atoms with E-state index in [0.29, 0.717) is 5.76 Å². The zero-order valence-corrected chi connectivity index (χ0v) is 15.5. The number of hydrogen-bond donors (Lipinski definition) is 0. The molecule has 0 amide bonds. The lowest BCUT2D eigenvalue weighted by Crippen LogP contribution is -2.02. The van der Waals surface area contributed by atoms with Gasteiger partial charge in [0.2, 0.25) is 0 Å². The van der Waals surface area contributed by atoms with Gasteiger partial charge in [-0.15, -0.1) is 0 Å². The third-order valence-corrected chi connectivity index (χ3v) is 3.97. The zero-order valence-electron chi connectivity index (χ0n) is 15.5. The summed E-state index contributed by atoms with van der Waals surface area (Å²) in [5.41, 5.74) is 0. The molecule has 0 spiro atoms. The fourth-order valence-corrected chi connectivity index (χ4v) is 2.46. The van der Waals surface area contributed by atoms with Crippen LogP contribution in [-0.4, -0.2) is 19.7 Å². The van der Waals surface area contributed by atoms with Crippen molar-refractivity contribution in [2.24, 2.45) is 0 Å². The summed E-state index contributed by atoms with van der Waals surface area (Å²) < 4.78 is 10.8. The molecule has 0 aromatic carbocycles. The third kappa shape index (κ3) is 17.4. The summed E-state index contributed by atoms with van der Waals surface area (Å²) in [6.07, 6.45) is 18.7. The first kappa shape index (κ1) is 22.2. The first-order valence-electron chi connectivity index (χ1n) is 9.71. The normalized spacial score (nSPS) is 11.7. The van der Waals surface area contributed by atoms with Crippen LogP contribution < -0.4 is 0 Å². The van der Waals surface area contributed by atoms with E-state index in [1.807, 2.05) is 6.08 Å². The second-order valence-electron chi connectivity index (χ2n) is 6.22. The number of ether oxygens (including phenoxy) is 2. The van der Waals surface area contributed by atoms with Gasteiger partial charge in [0.1, 0.15) is 0 Å². The fraction of sp³-hybridized carbons (Fsp3) is 0.850. The molecule has 0 bridgehead atoms. The van der Waals surface area contributed by atoms with E-state index in [9.17, 15) is 4.79 Å². The van der Waals surface area contributed by atoms with Crippen LogP contribution in [-0.2, 0) is 14.3 Å². The van der Waals surface area contributed by atoms with Crippen LogP contribution in [0.4, 0.5) is 0 Å². The van der Waals surface area contributed by atoms with E-state index in [1.165, 1.54) is 64.2 Å². The first-order valence-corrected chi connectivity index (χ1v) is 9.71. The average molecular weight is 327 g/mol. The summed E-state index contributed by atoms with van der Waals surface area (Å²) in [6.45, 7) is 5.36. The molecule has 0 fully saturated rings. The zero-order chi connectivity index (χ0) is 17.0. The molecule has 0 saturated heterocycles. The van der Waals surface area contributed by atoms with Gasteiger partial charge in [-0.3, -0.25) is 4.79 Å². The maximum Gasteiger partial charge on any atom is 0.189 e. The molecule has 0 aromatic heterocycles. The standard InChI is InChI=1S/C20H38O3/c1-3-5-7-9-11-13-15-17-22-19-23-20(18-21)16-14-12-10-8-6-4-2/h16,18H,3-15,17,19H2,1-2H3. The van der Waals surface area contributed by atoms with Gasteiger partial charge in [0.25, 0.3) is 0 Å². The van der Waals surface area contributed by atoms with Crippen molar-refractivity contribution in [2.75, 3.05) is 13.4 Å². The Morgan fingerprint density at radius 2 is 1.35 bits per heavy atom. The van der Waals surface area contributed by atoms with Crippen molar-refractivity contribution in [3.63, 3.8) is 0 Å². The Bertz CT molecular complexity index is 274. The Balaban J connectivity index is 3.40. The smallest absolute Gasteiger partial charge is 0.189 e. The molecule has 3 nitrogen and oxygen atoms in total. The van der Waals surface area contributed by atoms with Crippen LogP contribution in [0.2, 0.25) is 0 Å². The van der Waals surface area contributed by atoms with Gasteiger partial charge in [-0.25, -0.2) is 0 Å². The van der Waals surface area contributed by atoms with Gasteiger partial charge in [0.15, 0.2) is 18.8 Å². The van der Waals surface area contributed by atoms with E-state index in [4.69, 9.17) is 9.47 Å². The Hall–Kier alpha value is -0.830. The van der Waals surface area contributed by atoms with E-state index < -0.39 is 0 Å². The molecule has 0 N–H and O–H groups in total. The quantitative estimate of drug-likeness (QED) is 0.0993. The number of allylic oxidation sites excluding steroid dienone is 2. The van der Waals surface area contributed by atoms with Crippen molar-refractivity contribution in [3.8, 4) is 0 Å². The van der Waals surface area contributed by atoms with Crippen LogP contribution in [0.1, 0.15) is 97.3 Å². The van der Waals surface area contributed by atoms with E-state index in [2.05, 4.69) is 13.8 Å². The molecule has 0 atom stereocenters. The van der Waals surface area contributed by atoms with Crippen LogP contribution in [0.15, 0.2) is 11.8 Å². The highest BCUT2D eigenvalue weighted by atomic mass is 16.7. The predicted octanol–water partition coefficient (Wildman–Crippen LogP) is 6.17. The minimum atomic E-state index is 0.191. The van der Waals surface area contributed by atoms with Gasteiger partial charge < -0.3 is 9.47 Å². The average Bonchev–Trinajstić information content (AvgIpc) is 2.57. The fourth-order valence-electron chi connectivity index (χ4n) is 2.46. The number of hydrogen-bond acceptors (Lipinski definition) is 3. The first-order chi connectivity index (χ1) is 11.3. The highest BCUT2D eigenvalue weighted by molar-refractivity contribution is 5.69. The molecule has 0 aliphatic heterocycles. The van der Waals surface area contributed by atoms with Crippen LogP contribution >= 0.6 is 0 Å².